The number of nitrogens with two attached hydrogens (primary N) is 1. The maximum atomic E-state index is 6.18. The molecule has 0 aliphatic carbocycles. The van der Waals surface area contributed by atoms with Gasteiger partial charge in [-0.3, -0.25) is 4.98 Å². The third-order valence-corrected chi connectivity index (χ3v) is 2.90. The lowest BCUT2D eigenvalue weighted by molar-refractivity contribution is 0.0867. The topological polar surface area (TPSA) is 87.1 Å². The summed E-state index contributed by atoms with van der Waals surface area (Å²) in [6, 6.07) is 3.81. The molecule has 0 aliphatic heterocycles. The Labute approximate surface area is 118 Å². The second-order valence-electron chi connectivity index (χ2n) is 5.06. The first-order chi connectivity index (χ1) is 9.54. The minimum Gasteiger partial charge on any atom is -0.379 e. The van der Waals surface area contributed by atoms with Crippen LogP contribution in [0, 0.1) is 6.92 Å². The highest BCUT2D eigenvalue weighted by Gasteiger charge is 2.28. The van der Waals surface area contributed by atoms with Crippen molar-refractivity contribution < 1.29 is 9.26 Å². The van der Waals surface area contributed by atoms with Gasteiger partial charge in [-0.15, -0.1) is 0 Å². The van der Waals surface area contributed by atoms with Crippen LogP contribution < -0.4 is 5.73 Å². The van der Waals surface area contributed by atoms with Crippen LogP contribution in [0.3, 0.4) is 0 Å². The van der Waals surface area contributed by atoms with Gasteiger partial charge < -0.3 is 15.0 Å². The SMILES string of the molecule is CCCOCC(C)(N)c1noc(-c2ncccc2C)n1. The van der Waals surface area contributed by atoms with Crippen LogP contribution in [0.25, 0.3) is 11.6 Å². The molecule has 2 aromatic heterocycles. The molecule has 20 heavy (non-hydrogen) atoms. The molecular formula is C14H20N4O2. The number of hydrogen-bond acceptors (Lipinski definition) is 6. The van der Waals surface area contributed by atoms with Gasteiger partial charge >= 0.3 is 0 Å². The number of ether oxygens (including phenoxy) is 1. The summed E-state index contributed by atoms with van der Waals surface area (Å²) >= 11 is 0. The van der Waals surface area contributed by atoms with Crippen molar-refractivity contribution in [1.29, 1.82) is 0 Å². The van der Waals surface area contributed by atoms with E-state index < -0.39 is 5.54 Å². The smallest absolute Gasteiger partial charge is 0.276 e. The van der Waals surface area contributed by atoms with Crippen LogP contribution in [0.15, 0.2) is 22.9 Å². The minimum atomic E-state index is -0.778. The average Bonchev–Trinajstić information content (AvgIpc) is 2.90. The van der Waals surface area contributed by atoms with Gasteiger partial charge in [-0.2, -0.15) is 4.98 Å². The fourth-order valence-electron chi connectivity index (χ4n) is 1.75. The maximum absolute atomic E-state index is 6.18. The van der Waals surface area contributed by atoms with E-state index in [1.165, 1.54) is 0 Å². The molecule has 6 nitrogen and oxygen atoms in total. The summed E-state index contributed by atoms with van der Waals surface area (Å²) in [6.45, 7) is 6.82. The minimum absolute atomic E-state index is 0.348. The number of aryl methyl sites for hydroxylation is 1. The van der Waals surface area contributed by atoms with Crippen LogP contribution in [0.2, 0.25) is 0 Å². The Morgan fingerprint density at radius 1 is 1.45 bits per heavy atom. The number of rotatable bonds is 6. The first kappa shape index (κ1) is 14.6. The number of hydrogen-bond donors (Lipinski definition) is 1. The first-order valence-electron chi connectivity index (χ1n) is 6.67. The molecule has 1 unspecified atom stereocenters. The Morgan fingerprint density at radius 3 is 2.95 bits per heavy atom. The molecule has 2 N–H and O–H groups in total. The van der Waals surface area contributed by atoms with E-state index in [0.717, 1.165) is 12.0 Å². The molecule has 0 bridgehead atoms. The lowest BCUT2D eigenvalue weighted by Crippen LogP contribution is -2.39. The second kappa shape index (κ2) is 6.11. The van der Waals surface area contributed by atoms with Crippen molar-refractivity contribution >= 4 is 0 Å². The quantitative estimate of drug-likeness (QED) is 0.812. The van der Waals surface area contributed by atoms with Crippen molar-refractivity contribution in [1.82, 2.24) is 15.1 Å². The third kappa shape index (κ3) is 3.20. The Morgan fingerprint density at radius 2 is 2.25 bits per heavy atom. The number of pyridine rings is 1. The number of aromatic nitrogens is 3. The summed E-state index contributed by atoms with van der Waals surface area (Å²) in [6.07, 6.45) is 2.64. The van der Waals surface area contributed by atoms with Crippen LogP contribution in [0.4, 0.5) is 0 Å². The van der Waals surface area contributed by atoms with Gasteiger partial charge in [0.05, 0.1) is 6.61 Å². The molecule has 6 heteroatoms. The van der Waals surface area contributed by atoms with E-state index in [0.29, 0.717) is 30.6 Å². The van der Waals surface area contributed by atoms with Crippen molar-refractivity contribution in [3.8, 4) is 11.6 Å². The predicted molar refractivity (Wildman–Crippen MR) is 74.9 cm³/mol. The summed E-state index contributed by atoms with van der Waals surface area (Å²) in [7, 11) is 0. The highest BCUT2D eigenvalue weighted by atomic mass is 16.5. The maximum Gasteiger partial charge on any atom is 0.276 e. The van der Waals surface area contributed by atoms with Crippen molar-refractivity contribution in [2.45, 2.75) is 32.7 Å². The van der Waals surface area contributed by atoms with Gasteiger partial charge in [-0.1, -0.05) is 18.1 Å². The molecule has 0 spiro atoms. The first-order valence-corrected chi connectivity index (χ1v) is 6.67. The molecule has 0 amide bonds. The molecule has 0 aromatic carbocycles. The van der Waals surface area contributed by atoms with Gasteiger partial charge in [0.25, 0.3) is 5.89 Å². The van der Waals surface area contributed by atoms with E-state index in [-0.39, 0.29) is 0 Å². The summed E-state index contributed by atoms with van der Waals surface area (Å²) in [4.78, 5) is 8.60. The summed E-state index contributed by atoms with van der Waals surface area (Å²) in [5.41, 5.74) is 7.05. The average molecular weight is 276 g/mol. The van der Waals surface area contributed by atoms with E-state index in [9.17, 15) is 0 Å². The zero-order valence-electron chi connectivity index (χ0n) is 12.1. The van der Waals surface area contributed by atoms with Gasteiger partial charge in [-0.05, 0) is 31.9 Å². The highest BCUT2D eigenvalue weighted by Crippen LogP contribution is 2.22. The van der Waals surface area contributed by atoms with Crippen LogP contribution >= 0.6 is 0 Å². The van der Waals surface area contributed by atoms with Crippen molar-refractivity contribution in [3.63, 3.8) is 0 Å². The van der Waals surface area contributed by atoms with Crippen LogP contribution in [0.1, 0.15) is 31.7 Å². The van der Waals surface area contributed by atoms with Crippen molar-refractivity contribution in [2.24, 2.45) is 5.73 Å². The Balaban J connectivity index is 2.18. The van der Waals surface area contributed by atoms with Gasteiger partial charge in [0.1, 0.15) is 11.2 Å². The molecule has 0 fully saturated rings. The monoisotopic (exact) mass is 276 g/mol. The molecule has 1 atom stereocenters. The van der Waals surface area contributed by atoms with Gasteiger partial charge in [0.15, 0.2) is 5.82 Å². The molecule has 0 aliphatic rings. The Kier molecular flexibility index (Phi) is 4.46. The predicted octanol–water partition coefficient (Wildman–Crippen LogP) is 2.04. The molecule has 2 aromatic rings. The van der Waals surface area contributed by atoms with E-state index in [1.54, 1.807) is 6.20 Å². The van der Waals surface area contributed by atoms with Crippen molar-refractivity contribution in [3.05, 3.63) is 29.7 Å². The fraction of sp³-hybridized carbons (Fsp3) is 0.500. The molecule has 2 heterocycles. The molecule has 0 saturated carbocycles. The van der Waals surface area contributed by atoms with Crippen LogP contribution in [-0.2, 0) is 10.3 Å². The standard InChI is InChI=1S/C14H20N4O2/c1-4-8-19-9-14(3,15)13-17-12(20-18-13)11-10(2)6-5-7-16-11/h5-7H,4,8-9,15H2,1-3H3. The lowest BCUT2D eigenvalue weighted by atomic mass is 10.1. The largest absolute Gasteiger partial charge is 0.379 e. The number of nitrogens with zero attached hydrogens (tertiary/aromatic N) is 3. The molecule has 108 valence electrons. The lowest BCUT2D eigenvalue weighted by Gasteiger charge is -2.19. The molecule has 0 saturated heterocycles. The van der Waals surface area contributed by atoms with E-state index in [4.69, 9.17) is 15.0 Å². The van der Waals surface area contributed by atoms with Crippen LogP contribution in [0.5, 0.6) is 0 Å². The van der Waals surface area contributed by atoms with Gasteiger partial charge in [-0.25, -0.2) is 0 Å². The van der Waals surface area contributed by atoms with E-state index in [2.05, 4.69) is 15.1 Å². The summed E-state index contributed by atoms with van der Waals surface area (Å²) in [5, 5.41) is 3.95. The summed E-state index contributed by atoms with van der Waals surface area (Å²) in [5.74, 6) is 0.805. The Hall–Kier alpha value is -1.79. The molecule has 2 rings (SSSR count). The van der Waals surface area contributed by atoms with Crippen LogP contribution in [-0.4, -0.2) is 28.3 Å². The van der Waals surface area contributed by atoms with E-state index >= 15 is 0 Å². The zero-order chi connectivity index (χ0) is 14.6. The fourth-order valence-corrected chi connectivity index (χ4v) is 1.75. The third-order valence-electron chi connectivity index (χ3n) is 2.90. The summed E-state index contributed by atoms with van der Waals surface area (Å²) < 4.78 is 10.7. The van der Waals surface area contributed by atoms with E-state index in [1.807, 2.05) is 32.9 Å². The molecule has 0 radical (unpaired) electrons. The second-order valence-corrected chi connectivity index (χ2v) is 5.06. The highest BCUT2D eigenvalue weighted by molar-refractivity contribution is 5.51. The normalized spacial score (nSPS) is 14.2. The Bertz CT molecular complexity index is 566. The van der Waals surface area contributed by atoms with Crippen molar-refractivity contribution in [2.75, 3.05) is 13.2 Å². The van der Waals surface area contributed by atoms with Gasteiger partial charge in [0.2, 0.25) is 0 Å². The zero-order valence-corrected chi connectivity index (χ0v) is 12.1. The van der Waals surface area contributed by atoms with Gasteiger partial charge in [0, 0.05) is 12.8 Å². The molecular weight excluding hydrogens is 256 g/mol.